The third-order valence-corrected chi connectivity index (χ3v) is 7.57. The van der Waals surface area contributed by atoms with Crippen LogP contribution in [0.15, 0.2) is 36.7 Å². The van der Waals surface area contributed by atoms with Crippen LogP contribution in [0, 0.1) is 0 Å². The lowest BCUT2D eigenvalue weighted by Crippen LogP contribution is -2.36. The SMILES string of the molecule is CNc1nc(N)nc2c1ncn2C1OC(COP(=O)(NC(C)C(=O)OC(C)C)Oc2ccccc2)CC1Cl. The highest BCUT2D eigenvalue weighted by Gasteiger charge is 2.39. The number of nitrogens with one attached hydrogen (secondary N) is 2. The summed E-state index contributed by atoms with van der Waals surface area (Å²) in [6.07, 6.45) is 0.403. The number of halogens is 1. The first kappa shape index (κ1) is 28.1. The van der Waals surface area contributed by atoms with Crippen LogP contribution in [-0.2, 0) is 23.4 Å². The van der Waals surface area contributed by atoms with E-state index in [9.17, 15) is 9.36 Å². The molecular formula is C23H31ClN7O6P. The molecule has 0 spiro atoms. The summed E-state index contributed by atoms with van der Waals surface area (Å²) in [5.74, 6) is 0.261. The molecule has 13 nitrogen and oxygen atoms in total. The number of hydrogen-bond acceptors (Lipinski definition) is 11. The van der Waals surface area contributed by atoms with Crippen LogP contribution in [0.5, 0.6) is 5.75 Å². The van der Waals surface area contributed by atoms with Crippen molar-refractivity contribution in [3.63, 3.8) is 0 Å². The van der Waals surface area contributed by atoms with Crippen molar-refractivity contribution in [2.24, 2.45) is 0 Å². The Kier molecular flexibility index (Phi) is 8.74. The molecule has 5 unspecified atom stereocenters. The first-order valence-corrected chi connectivity index (χ1v) is 14.0. The lowest BCUT2D eigenvalue weighted by Gasteiger charge is -2.24. The van der Waals surface area contributed by atoms with Gasteiger partial charge in [0.1, 0.15) is 11.8 Å². The van der Waals surface area contributed by atoms with Crippen molar-refractivity contribution < 1.29 is 27.9 Å². The molecule has 4 N–H and O–H groups in total. The van der Waals surface area contributed by atoms with E-state index in [0.29, 0.717) is 29.2 Å². The number of nitrogen functional groups attached to an aromatic ring is 1. The van der Waals surface area contributed by atoms with Gasteiger partial charge < -0.3 is 25.0 Å². The van der Waals surface area contributed by atoms with Crippen LogP contribution < -0.4 is 20.7 Å². The molecular weight excluding hydrogens is 537 g/mol. The number of rotatable bonds is 11. The predicted octanol–water partition coefficient (Wildman–Crippen LogP) is 3.48. The molecule has 0 aliphatic carbocycles. The van der Waals surface area contributed by atoms with Crippen molar-refractivity contribution >= 4 is 48.2 Å². The van der Waals surface area contributed by atoms with Gasteiger partial charge in [-0.1, -0.05) is 18.2 Å². The molecule has 15 heteroatoms. The van der Waals surface area contributed by atoms with Crippen LogP contribution in [-0.4, -0.2) is 62.8 Å². The number of nitrogens with two attached hydrogens (primary N) is 1. The predicted molar refractivity (Wildman–Crippen MR) is 142 cm³/mol. The Morgan fingerprint density at radius 3 is 2.71 bits per heavy atom. The number of benzene rings is 1. The number of para-hydroxylation sites is 1. The first-order chi connectivity index (χ1) is 18.1. The van der Waals surface area contributed by atoms with Gasteiger partial charge in [-0.2, -0.15) is 15.1 Å². The Hall–Kier alpha value is -2.96. The molecule has 1 aromatic carbocycles. The standard InChI is InChI=1S/C23H31ClN7O6P/c1-13(2)35-22(32)14(3)30-38(33,37-15-8-6-5-7-9-15)34-11-16-10-17(24)21(36-16)31-12-27-18-19(26-4)28-23(25)29-20(18)31/h5-9,12-14,16-17,21H,10-11H2,1-4H3,(H,30,33)(H3,25,26,28,29). The summed E-state index contributed by atoms with van der Waals surface area (Å²) in [7, 11) is -2.34. The minimum atomic E-state index is -4.04. The fourth-order valence-electron chi connectivity index (χ4n) is 3.86. The molecule has 3 heterocycles. The van der Waals surface area contributed by atoms with Gasteiger partial charge in [-0.15, -0.1) is 11.6 Å². The fourth-order valence-corrected chi connectivity index (χ4v) is 5.76. The number of fused-ring (bicyclic) bond motifs is 1. The zero-order chi connectivity index (χ0) is 27.4. The molecule has 1 saturated heterocycles. The molecule has 0 amide bonds. The van der Waals surface area contributed by atoms with Crippen molar-refractivity contribution in [1.29, 1.82) is 0 Å². The fraction of sp³-hybridized carbons (Fsp3) is 0.478. The maximum Gasteiger partial charge on any atom is 0.459 e. The number of imidazole rings is 1. The number of hydrogen-bond donors (Lipinski definition) is 3. The number of esters is 1. The quantitative estimate of drug-likeness (QED) is 0.176. The molecule has 0 bridgehead atoms. The highest BCUT2D eigenvalue weighted by atomic mass is 35.5. The van der Waals surface area contributed by atoms with Gasteiger partial charge in [0.05, 0.1) is 30.5 Å². The van der Waals surface area contributed by atoms with Crippen molar-refractivity contribution in [1.82, 2.24) is 24.6 Å². The number of nitrogens with zero attached hydrogens (tertiary/aromatic N) is 4. The van der Waals surface area contributed by atoms with Crippen molar-refractivity contribution in [3.05, 3.63) is 36.7 Å². The molecule has 0 saturated carbocycles. The van der Waals surface area contributed by atoms with Crippen LogP contribution in [0.1, 0.15) is 33.4 Å². The van der Waals surface area contributed by atoms with E-state index >= 15 is 0 Å². The van der Waals surface area contributed by atoms with E-state index in [-0.39, 0.29) is 18.7 Å². The Morgan fingerprint density at radius 1 is 1.29 bits per heavy atom. The molecule has 3 aromatic rings. The maximum atomic E-state index is 13.7. The lowest BCUT2D eigenvalue weighted by molar-refractivity contribution is -0.149. The van der Waals surface area contributed by atoms with E-state index in [1.165, 1.54) is 6.92 Å². The Morgan fingerprint density at radius 2 is 2.03 bits per heavy atom. The number of carbonyl (C=O) groups excluding carboxylic acids is 1. The third-order valence-electron chi connectivity index (χ3n) is 5.54. The first-order valence-electron chi connectivity index (χ1n) is 12.0. The average molecular weight is 568 g/mol. The molecule has 1 aliphatic heterocycles. The van der Waals surface area contributed by atoms with Gasteiger partial charge in [-0.25, -0.2) is 9.55 Å². The second kappa shape index (κ2) is 11.8. The summed E-state index contributed by atoms with van der Waals surface area (Å²) < 4.78 is 38.2. The molecule has 1 aliphatic rings. The molecule has 5 atom stereocenters. The number of carbonyl (C=O) groups is 1. The van der Waals surface area contributed by atoms with Gasteiger partial charge in [0.15, 0.2) is 23.2 Å². The summed E-state index contributed by atoms with van der Waals surface area (Å²) in [6, 6.07) is 7.54. The van der Waals surface area contributed by atoms with Gasteiger partial charge in [0.2, 0.25) is 5.95 Å². The summed E-state index contributed by atoms with van der Waals surface area (Å²) in [5.41, 5.74) is 6.82. The normalized spacial score (nSPS) is 21.8. The zero-order valence-corrected chi connectivity index (χ0v) is 23.1. The van der Waals surface area contributed by atoms with E-state index in [4.69, 9.17) is 35.9 Å². The van der Waals surface area contributed by atoms with Crippen LogP contribution in [0.25, 0.3) is 11.2 Å². The molecule has 2 aromatic heterocycles. The second-order valence-corrected chi connectivity index (χ2v) is 11.2. The van der Waals surface area contributed by atoms with Gasteiger partial charge in [0, 0.05) is 7.05 Å². The van der Waals surface area contributed by atoms with E-state index in [1.54, 1.807) is 62.1 Å². The molecule has 0 radical (unpaired) electrons. The Balaban J connectivity index is 1.48. The smallest absolute Gasteiger partial charge is 0.459 e. The number of alkyl halides is 1. The van der Waals surface area contributed by atoms with E-state index in [1.807, 2.05) is 0 Å². The summed E-state index contributed by atoms with van der Waals surface area (Å²) in [4.78, 5) is 25.1. The van der Waals surface area contributed by atoms with Crippen LogP contribution in [0.3, 0.4) is 0 Å². The summed E-state index contributed by atoms with van der Waals surface area (Å²) in [6.45, 7) is 4.83. The summed E-state index contributed by atoms with van der Waals surface area (Å²) >= 11 is 6.64. The highest BCUT2D eigenvalue weighted by Crippen LogP contribution is 2.46. The highest BCUT2D eigenvalue weighted by molar-refractivity contribution is 7.52. The van der Waals surface area contributed by atoms with E-state index < -0.39 is 37.5 Å². The van der Waals surface area contributed by atoms with Gasteiger partial charge in [0.25, 0.3) is 0 Å². The van der Waals surface area contributed by atoms with E-state index in [2.05, 4.69) is 25.4 Å². The van der Waals surface area contributed by atoms with Crippen molar-refractivity contribution in [2.75, 3.05) is 24.7 Å². The minimum Gasteiger partial charge on any atom is -0.462 e. The number of aromatic nitrogens is 4. The summed E-state index contributed by atoms with van der Waals surface area (Å²) in [5, 5.41) is 5.12. The zero-order valence-electron chi connectivity index (χ0n) is 21.4. The van der Waals surface area contributed by atoms with Gasteiger partial charge in [-0.05, 0) is 39.3 Å². The van der Waals surface area contributed by atoms with Gasteiger partial charge >= 0.3 is 13.7 Å². The Labute approximate surface area is 224 Å². The molecule has 1 fully saturated rings. The molecule has 4 rings (SSSR count). The van der Waals surface area contributed by atoms with Crippen LogP contribution >= 0.6 is 19.3 Å². The largest absolute Gasteiger partial charge is 0.462 e. The van der Waals surface area contributed by atoms with E-state index in [0.717, 1.165) is 0 Å². The maximum absolute atomic E-state index is 13.7. The topological polar surface area (TPSA) is 165 Å². The van der Waals surface area contributed by atoms with Crippen LogP contribution in [0.4, 0.5) is 11.8 Å². The number of ether oxygens (including phenoxy) is 2. The minimum absolute atomic E-state index is 0.0720. The third kappa shape index (κ3) is 6.54. The van der Waals surface area contributed by atoms with Gasteiger partial charge in [-0.3, -0.25) is 13.9 Å². The molecule has 206 valence electrons. The Bertz CT molecular complexity index is 1310. The van der Waals surface area contributed by atoms with Crippen molar-refractivity contribution in [2.45, 2.75) is 57.0 Å². The number of anilines is 2. The average Bonchev–Trinajstić information content (AvgIpc) is 3.45. The van der Waals surface area contributed by atoms with Crippen LogP contribution in [0.2, 0.25) is 0 Å². The molecule has 38 heavy (non-hydrogen) atoms. The second-order valence-electron chi connectivity index (χ2n) is 8.94. The lowest BCUT2D eigenvalue weighted by atomic mass is 10.2. The monoisotopic (exact) mass is 567 g/mol. The van der Waals surface area contributed by atoms with Crippen molar-refractivity contribution in [3.8, 4) is 5.75 Å².